The Balaban J connectivity index is 2.12. The summed E-state index contributed by atoms with van der Waals surface area (Å²) >= 11 is 0. The van der Waals surface area contributed by atoms with Gasteiger partial charge < -0.3 is 4.57 Å². The zero-order valence-corrected chi connectivity index (χ0v) is 13.7. The van der Waals surface area contributed by atoms with Crippen LogP contribution in [0.1, 0.15) is 38.5 Å². The first-order valence-corrected chi connectivity index (χ1v) is 9.08. The van der Waals surface area contributed by atoms with E-state index in [0.717, 1.165) is 53.9 Å². The third-order valence-corrected chi connectivity index (χ3v) is 6.55. The summed E-state index contributed by atoms with van der Waals surface area (Å²) < 4.78 is 29.6. The van der Waals surface area contributed by atoms with E-state index >= 15 is 0 Å². The first-order valence-electron chi connectivity index (χ1n) is 7.64. The van der Waals surface area contributed by atoms with Crippen LogP contribution in [0, 0.1) is 0 Å². The van der Waals surface area contributed by atoms with E-state index < -0.39 is 21.3 Å². The van der Waals surface area contributed by atoms with Gasteiger partial charge in [0.15, 0.2) is 4.90 Å². The molecule has 0 bridgehead atoms. The summed E-state index contributed by atoms with van der Waals surface area (Å²) in [5, 5.41) is 0. The Kier molecular flexibility index (Phi) is 3.76. The van der Waals surface area contributed by atoms with E-state index in [1.165, 1.54) is 14.1 Å². The Morgan fingerprint density at radius 3 is 2.14 bits per heavy atom. The summed E-state index contributed by atoms with van der Waals surface area (Å²) in [6.45, 7) is 0. The number of hydrogen-bond acceptors (Lipinski definition) is 4. The summed E-state index contributed by atoms with van der Waals surface area (Å²) in [7, 11) is -1.11. The molecular formula is C14H21N3O4S. The Bertz CT molecular complexity index is 798. The summed E-state index contributed by atoms with van der Waals surface area (Å²) in [4.78, 5) is 23.8. The number of aryl methyl sites for hydroxylation is 1. The number of sulfonamides is 1. The summed E-state index contributed by atoms with van der Waals surface area (Å²) in [6.07, 6.45) is 6.60. The fourth-order valence-electron chi connectivity index (χ4n) is 3.24. The average Bonchev–Trinajstić information content (AvgIpc) is 3.14. The number of rotatable bonds is 4. The Morgan fingerprint density at radius 1 is 1.05 bits per heavy atom. The van der Waals surface area contributed by atoms with Crippen LogP contribution < -0.4 is 11.2 Å². The molecule has 2 fully saturated rings. The zero-order chi connectivity index (χ0) is 16.1. The van der Waals surface area contributed by atoms with E-state index in [1.54, 1.807) is 4.31 Å². The molecule has 0 unspecified atom stereocenters. The Morgan fingerprint density at radius 2 is 1.59 bits per heavy atom. The second-order valence-electron chi connectivity index (χ2n) is 6.26. The van der Waals surface area contributed by atoms with Crippen molar-refractivity contribution in [2.75, 3.05) is 0 Å². The smallest absolute Gasteiger partial charge is 0.302 e. The monoisotopic (exact) mass is 327 g/mol. The van der Waals surface area contributed by atoms with Crippen LogP contribution in [0.25, 0.3) is 0 Å². The van der Waals surface area contributed by atoms with Crippen LogP contribution in [0.2, 0.25) is 0 Å². The molecule has 0 aromatic carbocycles. The van der Waals surface area contributed by atoms with Gasteiger partial charge in [0.1, 0.15) is 0 Å². The highest BCUT2D eigenvalue weighted by Gasteiger charge is 2.44. The minimum atomic E-state index is -3.87. The van der Waals surface area contributed by atoms with Gasteiger partial charge >= 0.3 is 5.69 Å². The number of hydrogen-bond donors (Lipinski definition) is 0. The van der Waals surface area contributed by atoms with Crippen molar-refractivity contribution in [1.82, 2.24) is 13.4 Å². The standard InChI is InChI=1S/C14H21N3O4S/c1-15-9-12(13(18)16(2)14(15)19)22(20,21)17(11-7-8-11)10-5-3-4-6-10/h9-11H,3-8H2,1-2H3. The zero-order valence-electron chi connectivity index (χ0n) is 12.9. The van der Waals surface area contributed by atoms with Crippen LogP contribution in [-0.4, -0.2) is 33.9 Å². The van der Waals surface area contributed by atoms with Crippen molar-refractivity contribution in [3.63, 3.8) is 0 Å². The van der Waals surface area contributed by atoms with E-state index in [4.69, 9.17) is 0 Å². The third-order valence-electron chi connectivity index (χ3n) is 4.56. The Labute approximate surface area is 129 Å². The molecule has 0 aliphatic heterocycles. The molecule has 1 aromatic heterocycles. The minimum Gasteiger partial charge on any atom is -0.302 e. The highest BCUT2D eigenvalue weighted by Crippen LogP contribution is 2.37. The summed E-state index contributed by atoms with van der Waals surface area (Å²) in [5.74, 6) is 0. The molecule has 0 saturated heterocycles. The first kappa shape index (κ1) is 15.5. The first-order chi connectivity index (χ1) is 10.3. The maximum atomic E-state index is 13.0. The Hall–Kier alpha value is -1.41. The summed E-state index contributed by atoms with van der Waals surface area (Å²) in [6, 6.07) is -0.00511. The van der Waals surface area contributed by atoms with E-state index in [1.807, 2.05) is 0 Å². The quantitative estimate of drug-likeness (QED) is 0.790. The van der Waals surface area contributed by atoms with Gasteiger partial charge in [-0.2, -0.15) is 4.31 Å². The van der Waals surface area contributed by atoms with Crippen LogP contribution >= 0.6 is 0 Å². The molecule has 7 nitrogen and oxygen atoms in total. The molecule has 8 heteroatoms. The molecule has 0 spiro atoms. The lowest BCUT2D eigenvalue weighted by Gasteiger charge is -2.27. The molecule has 3 rings (SSSR count). The maximum Gasteiger partial charge on any atom is 0.330 e. The second-order valence-corrected chi connectivity index (χ2v) is 8.07. The van der Waals surface area contributed by atoms with Crippen molar-refractivity contribution in [2.24, 2.45) is 14.1 Å². The molecule has 0 N–H and O–H groups in total. The van der Waals surface area contributed by atoms with E-state index in [2.05, 4.69) is 0 Å². The van der Waals surface area contributed by atoms with Gasteiger partial charge in [0.2, 0.25) is 0 Å². The minimum absolute atomic E-state index is 0.00930. The van der Waals surface area contributed by atoms with Crippen LogP contribution in [0.4, 0.5) is 0 Å². The predicted octanol–water partition coefficient (Wildman–Crippen LogP) is 0.180. The lowest BCUT2D eigenvalue weighted by molar-refractivity contribution is 0.313. The second kappa shape index (κ2) is 5.34. The van der Waals surface area contributed by atoms with Crippen LogP contribution in [0.15, 0.2) is 20.7 Å². The molecule has 122 valence electrons. The molecule has 1 heterocycles. The van der Waals surface area contributed by atoms with Gasteiger partial charge in [-0.1, -0.05) is 12.8 Å². The normalized spacial score (nSPS) is 20.0. The molecule has 2 aliphatic carbocycles. The van der Waals surface area contributed by atoms with Gasteiger partial charge in [-0.05, 0) is 25.7 Å². The van der Waals surface area contributed by atoms with Crippen LogP contribution in [0.3, 0.4) is 0 Å². The van der Waals surface area contributed by atoms with Crippen molar-refractivity contribution in [3.05, 3.63) is 27.0 Å². The van der Waals surface area contributed by atoms with Crippen molar-refractivity contribution < 1.29 is 8.42 Å². The van der Waals surface area contributed by atoms with Crippen LogP contribution in [-0.2, 0) is 24.1 Å². The van der Waals surface area contributed by atoms with Crippen molar-refractivity contribution in [2.45, 2.75) is 55.5 Å². The third kappa shape index (κ3) is 2.44. The topological polar surface area (TPSA) is 81.4 Å². The molecule has 1 aromatic rings. The molecule has 2 aliphatic rings. The van der Waals surface area contributed by atoms with Crippen molar-refractivity contribution >= 4 is 10.0 Å². The van der Waals surface area contributed by atoms with E-state index in [0.29, 0.717) is 0 Å². The highest BCUT2D eigenvalue weighted by atomic mass is 32.2. The lowest BCUT2D eigenvalue weighted by Crippen LogP contribution is -2.46. The fraction of sp³-hybridized carbons (Fsp3) is 0.714. The predicted molar refractivity (Wildman–Crippen MR) is 81.2 cm³/mol. The van der Waals surface area contributed by atoms with Gasteiger partial charge in [0.05, 0.1) is 0 Å². The largest absolute Gasteiger partial charge is 0.330 e. The fourth-order valence-corrected chi connectivity index (χ4v) is 5.33. The van der Waals surface area contributed by atoms with Gasteiger partial charge in [0.25, 0.3) is 15.6 Å². The van der Waals surface area contributed by atoms with Gasteiger partial charge in [0, 0.05) is 32.4 Å². The molecule has 0 amide bonds. The molecule has 0 radical (unpaired) electrons. The molecule has 22 heavy (non-hydrogen) atoms. The SMILES string of the molecule is Cn1cc(S(=O)(=O)N(C2CCCC2)C2CC2)c(=O)n(C)c1=O. The van der Waals surface area contributed by atoms with Crippen molar-refractivity contribution in [1.29, 1.82) is 0 Å². The molecule has 0 atom stereocenters. The van der Waals surface area contributed by atoms with Gasteiger partial charge in [-0.15, -0.1) is 0 Å². The number of aromatic nitrogens is 2. The summed E-state index contributed by atoms with van der Waals surface area (Å²) in [5.41, 5.74) is -1.27. The van der Waals surface area contributed by atoms with Crippen LogP contribution in [0.5, 0.6) is 0 Å². The van der Waals surface area contributed by atoms with Crippen molar-refractivity contribution in [3.8, 4) is 0 Å². The van der Waals surface area contributed by atoms with Gasteiger partial charge in [-0.3, -0.25) is 9.36 Å². The lowest BCUT2D eigenvalue weighted by atomic mass is 10.2. The maximum absolute atomic E-state index is 13.0. The van der Waals surface area contributed by atoms with E-state index in [-0.39, 0.29) is 17.0 Å². The van der Waals surface area contributed by atoms with Gasteiger partial charge in [-0.25, -0.2) is 13.2 Å². The average molecular weight is 327 g/mol. The highest BCUT2D eigenvalue weighted by molar-refractivity contribution is 7.89. The number of nitrogens with zero attached hydrogens (tertiary/aromatic N) is 3. The van der Waals surface area contributed by atoms with E-state index in [9.17, 15) is 18.0 Å². The molecular weight excluding hydrogens is 306 g/mol. The molecule has 2 saturated carbocycles.